The van der Waals surface area contributed by atoms with E-state index in [4.69, 9.17) is 9.26 Å². The largest absolute Gasteiger partial charge is 0.444 e. The highest BCUT2D eigenvalue weighted by Crippen LogP contribution is 2.24. The Hall–Kier alpha value is -2.44. The lowest BCUT2D eigenvalue weighted by Crippen LogP contribution is -2.43. The van der Waals surface area contributed by atoms with Gasteiger partial charge < -0.3 is 14.2 Å². The Bertz CT molecular complexity index is 769. The molecule has 7 heteroatoms. The molecule has 0 aliphatic carbocycles. The lowest BCUT2D eigenvalue weighted by atomic mass is 9.95. The van der Waals surface area contributed by atoms with Crippen molar-refractivity contribution in [1.29, 1.82) is 0 Å². The number of likely N-dealkylation sites (tertiary alicyclic amines) is 1. The number of aromatic nitrogens is 2. The highest BCUT2D eigenvalue weighted by atomic mass is 19.1. The molecule has 1 fully saturated rings. The van der Waals surface area contributed by atoms with Crippen molar-refractivity contribution in [2.24, 2.45) is 5.92 Å². The van der Waals surface area contributed by atoms with E-state index in [0.29, 0.717) is 31.0 Å². The number of hydrogen-bond donors (Lipinski definition) is 0. The van der Waals surface area contributed by atoms with Crippen LogP contribution in [0.4, 0.5) is 9.18 Å². The summed E-state index contributed by atoms with van der Waals surface area (Å²) < 4.78 is 24.6. The Kier molecular flexibility index (Phi) is 5.25. The quantitative estimate of drug-likeness (QED) is 0.824. The molecule has 1 aliphatic rings. The van der Waals surface area contributed by atoms with Crippen molar-refractivity contribution < 1.29 is 18.4 Å². The van der Waals surface area contributed by atoms with E-state index in [1.54, 1.807) is 23.1 Å². The summed E-state index contributed by atoms with van der Waals surface area (Å²) >= 11 is 0. The first-order valence-electron chi connectivity index (χ1n) is 8.87. The van der Waals surface area contributed by atoms with Gasteiger partial charge in [-0.1, -0.05) is 17.3 Å². The number of piperidine rings is 1. The zero-order valence-electron chi connectivity index (χ0n) is 15.4. The van der Waals surface area contributed by atoms with Crippen LogP contribution in [0.2, 0.25) is 0 Å². The molecule has 1 aromatic heterocycles. The first-order chi connectivity index (χ1) is 12.3. The molecule has 6 nitrogen and oxygen atoms in total. The van der Waals surface area contributed by atoms with Crippen LogP contribution in [0.5, 0.6) is 0 Å². The fraction of sp³-hybridized carbons (Fsp3) is 0.526. The van der Waals surface area contributed by atoms with E-state index in [1.165, 1.54) is 6.07 Å². The predicted molar refractivity (Wildman–Crippen MR) is 93.9 cm³/mol. The van der Waals surface area contributed by atoms with Gasteiger partial charge in [-0.05, 0) is 51.7 Å². The fourth-order valence-corrected chi connectivity index (χ4v) is 3.06. The topological polar surface area (TPSA) is 68.5 Å². The molecular weight excluding hydrogens is 337 g/mol. The molecule has 0 radical (unpaired) electrons. The maximum Gasteiger partial charge on any atom is 0.410 e. The number of carbonyl (C=O) groups is 1. The average molecular weight is 361 g/mol. The van der Waals surface area contributed by atoms with Crippen molar-refractivity contribution in [3.8, 4) is 11.4 Å². The number of hydrogen-bond acceptors (Lipinski definition) is 5. The molecule has 1 aromatic carbocycles. The molecule has 0 bridgehead atoms. The first kappa shape index (κ1) is 18.4. The van der Waals surface area contributed by atoms with Gasteiger partial charge in [-0.2, -0.15) is 4.98 Å². The van der Waals surface area contributed by atoms with E-state index >= 15 is 0 Å². The summed E-state index contributed by atoms with van der Waals surface area (Å²) in [4.78, 5) is 18.3. The third-order valence-electron chi connectivity index (χ3n) is 4.22. The Morgan fingerprint density at radius 3 is 2.88 bits per heavy atom. The maximum absolute atomic E-state index is 13.8. The lowest BCUT2D eigenvalue weighted by molar-refractivity contribution is 0.0162. The smallest absolute Gasteiger partial charge is 0.410 e. The predicted octanol–water partition coefficient (Wildman–Crippen LogP) is 4.07. The molecule has 1 unspecified atom stereocenters. The van der Waals surface area contributed by atoms with Crippen LogP contribution in [0.3, 0.4) is 0 Å². The van der Waals surface area contributed by atoms with Gasteiger partial charge in [0.25, 0.3) is 0 Å². The molecule has 1 atom stereocenters. The minimum absolute atomic E-state index is 0.213. The second-order valence-electron chi connectivity index (χ2n) is 7.63. The number of ether oxygens (including phenoxy) is 1. The molecule has 0 saturated carbocycles. The second-order valence-corrected chi connectivity index (χ2v) is 7.63. The van der Waals surface area contributed by atoms with Gasteiger partial charge in [0, 0.05) is 19.5 Å². The Morgan fingerprint density at radius 1 is 1.38 bits per heavy atom. The SMILES string of the molecule is CC(C)(C)OC(=O)N1CCCC(Cc2nc(-c3ccccc3F)no2)C1. The van der Waals surface area contributed by atoms with E-state index in [2.05, 4.69) is 10.1 Å². The van der Waals surface area contributed by atoms with Gasteiger partial charge in [-0.3, -0.25) is 0 Å². The fourth-order valence-electron chi connectivity index (χ4n) is 3.06. The molecule has 26 heavy (non-hydrogen) atoms. The lowest BCUT2D eigenvalue weighted by Gasteiger charge is -2.33. The van der Waals surface area contributed by atoms with Crippen molar-refractivity contribution >= 4 is 6.09 Å². The van der Waals surface area contributed by atoms with Gasteiger partial charge >= 0.3 is 6.09 Å². The van der Waals surface area contributed by atoms with Crippen molar-refractivity contribution in [3.05, 3.63) is 36.0 Å². The number of amides is 1. The van der Waals surface area contributed by atoms with Gasteiger partial charge in [-0.15, -0.1) is 0 Å². The van der Waals surface area contributed by atoms with E-state index in [1.807, 2.05) is 20.8 Å². The van der Waals surface area contributed by atoms with Gasteiger partial charge in [0.15, 0.2) is 0 Å². The van der Waals surface area contributed by atoms with Crippen LogP contribution in [-0.2, 0) is 11.2 Å². The highest BCUT2D eigenvalue weighted by Gasteiger charge is 2.28. The van der Waals surface area contributed by atoms with Crippen molar-refractivity contribution in [1.82, 2.24) is 15.0 Å². The number of benzene rings is 1. The van der Waals surface area contributed by atoms with Gasteiger partial charge in [0.2, 0.25) is 11.7 Å². The molecule has 2 aromatic rings. The molecule has 0 spiro atoms. The van der Waals surface area contributed by atoms with Crippen LogP contribution in [0.1, 0.15) is 39.5 Å². The van der Waals surface area contributed by atoms with Gasteiger partial charge in [-0.25, -0.2) is 9.18 Å². The summed E-state index contributed by atoms with van der Waals surface area (Å²) in [6.45, 7) is 6.85. The molecule has 2 heterocycles. The average Bonchev–Trinajstić information content (AvgIpc) is 3.02. The minimum Gasteiger partial charge on any atom is -0.444 e. The molecule has 140 valence electrons. The Labute approximate surface area is 152 Å². The van der Waals surface area contributed by atoms with Crippen LogP contribution in [0, 0.1) is 11.7 Å². The zero-order chi connectivity index (χ0) is 18.7. The summed E-state index contributed by atoms with van der Waals surface area (Å²) in [5.74, 6) is 0.538. The van der Waals surface area contributed by atoms with Crippen LogP contribution in [0.25, 0.3) is 11.4 Å². The molecular formula is C19H24FN3O3. The number of rotatable bonds is 3. The normalized spacial score (nSPS) is 18.0. The molecule has 1 amide bonds. The van der Waals surface area contributed by atoms with E-state index in [9.17, 15) is 9.18 Å². The summed E-state index contributed by atoms with van der Waals surface area (Å²) in [5.41, 5.74) is -0.188. The number of halogens is 1. The molecule has 3 rings (SSSR count). The molecule has 1 aliphatic heterocycles. The van der Waals surface area contributed by atoms with E-state index in [0.717, 1.165) is 12.8 Å². The van der Waals surface area contributed by atoms with Gasteiger partial charge in [0.05, 0.1) is 5.56 Å². The van der Waals surface area contributed by atoms with E-state index < -0.39 is 5.60 Å². The summed E-state index contributed by atoms with van der Waals surface area (Å²) in [7, 11) is 0. The number of nitrogens with zero attached hydrogens (tertiary/aromatic N) is 3. The summed E-state index contributed by atoms with van der Waals surface area (Å²) in [5, 5.41) is 3.88. The Morgan fingerprint density at radius 2 is 2.15 bits per heavy atom. The molecule has 1 saturated heterocycles. The number of carbonyl (C=O) groups excluding carboxylic acids is 1. The Balaban J connectivity index is 1.63. The monoisotopic (exact) mass is 361 g/mol. The summed E-state index contributed by atoms with van der Waals surface area (Å²) in [6.07, 6.45) is 2.13. The van der Waals surface area contributed by atoms with Crippen LogP contribution < -0.4 is 0 Å². The molecule has 0 N–H and O–H groups in total. The van der Waals surface area contributed by atoms with Crippen molar-refractivity contribution in [2.75, 3.05) is 13.1 Å². The van der Waals surface area contributed by atoms with E-state index in [-0.39, 0.29) is 23.7 Å². The second kappa shape index (κ2) is 7.43. The maximum atomic E-state index is 13.8. The standard InChI is InChI=1S/C19H24FN3O3/c1-19(2,3)25-18(24)23-10-6-7-13(12-23)11-16-21-17(22-26-16)14-8-4-5-9-15(14)20/h4-5,8-9,13H,6-7,10-12H2,1-3H3. The third kappa shape index (κ3) is 4.59. The van der Waals surface area contributed by atoms with Crippen molar-refractivity contribution in [2.45, 2.75) is 45.6 Å². The van der Waals surface area contributed by atoms with Gasteiger partial charge in [0.1, 0.15) is 11.4 Å². The highest BCUT2D eigenvalue weighted by molar-refractivity contribution is 5.68. The third-order valence-corrected chi connectivity index (χ3v) is 4.22. The van der Waals surface area contributed by atoms with Crippen LogP contribution in [-0.4, -0.2) is 39.8 Å². The summed E-state index contributed by atoms with van der Waals surface area (Å²) in [6, 6.07) is 6.33. The zero-order valence-corrected chi connectivity index (χ0v) is 15.4. The first-order valence-corrected chi connectivity index (χ1v) is 8.87. The minimum atomic E-state index is -0.509. The van der Waals surface area contributed by atoms with Crippen LogP contribution in [0.15, 0.2) is 28.8 Å². The van der Waals surface area contributed by atoms with Crippen molar-refractivity contribution in [3.63, 3.8) is 0 Å². The van der Waals surface area contributed by atoms with Crippen LogP contribution >= 0.6 is 0 Å².